The summed E-state index contributed by atoms with van der Waals surface area (Å²) < 4.78 is 2.00. The van der Waals surface area contributed by atoms with Crippen LogP contribution in [0.1, 0.15) is 25.7 Å². The van der Waals surface area contributed by atoms with Gasteiger partial charge in [0.15, 0.2) is 5.96 Å². The molecular formula is C18H33IN8O. The molecule has 9 nitrogen and oxygen atoms in total. The molecule has 1 aromatic heterocycles. The molecule has 10 heteroatoms. The molecule has 0 spiro atoms. The number of amides is 1. The Labute approximate surface area is 184 Å². The van der Waals surface area contributed by atoms with Crippen molar-refractivity contribution in [3.8, 4) is 0 Å². The Kier molecular flexibility index (Phi) is 9.96. The van der Waals surface area contributed by atoms with Gasteiger partial charge in [-0.05, 0) is 25.7 Å². The Bertz CT molecular complexity index is 595. The third-order valence-electron chi connectivity index (χ3n) is 5.29. The molecule has 2 fully saturated rings. The molecule has 2 saturated heterocycles. The van der Waals surface area contributed by atoms with Crippen LogP contribution in [0.3, 0.4) is 0 Å². The van der Waals surface area contributed by atoms with Gasteiger partial charge in [0.25, 0.3) is 0 Å². The maximum Gasteiger partial charge on any atom is 0.236 e. The number of likely N-dealkylation sites (tertiary alicyclic amines) is 1. The topological polar surface area (TPSA) is 81.9 Å². The Hall–Kier alpha value is -1.43. The third-order valence-corrected chi connectivity index (χ3v) is 5.29. The molecule has 1 N–H and O–H groups in total. The average molecular weight is 504 g/mol. The van der Waals surface area contributed by atoms with Gasteiger partial charge in [-0.1, -0.05) is 0 Å². The lowest BCUT2D eigenvalue weighted by Gasteiger charge is -2.36. The van der Waals surface area contributed by atoms with E-state index < -0.39 is 0 Å². The van der Waals surface area contributed by atoms with Gasteiger partial charge in [-0.15, -0.1) is 34.2 Å². The summed E-state index contributed by atoms with van der Waals surface area (Å²) in [6, 6.07) is 0. The fourth-order valence-electron chi connectivity index (χ4n) is 3.67. The van der Waals surface area contributed by atoms with Gasteiger partial charge < -0.3 is 19.7 Å². The van der Waals surface area contributed by atoms with Gasteiger partial charge in [0.2, 0.25) is 5.91 Å². The van der Waals surface area contributed by atoms with Crippen LogP contribution < -0.4 is 5.32 Å². The maximum absolute atomic E-state index is 12.3. The van der Waals surface area contributed by atoms with Crippen LogP contribution in [0.15, 0.2) is 17.6 Å². The van der Waals surface area contributed by atoms with Crippen molar-refractivity contribution >= 4 is 35.8 Å². The predicted molar refractivity (Wildman–Crippen MR) is 120 cm³/mol. The van der Waals surface area contributed by atoms with Gasteiger partial charge in [-0.25, -0.2) is 0 Å². The number of aryl methyl sites for hydroxylation is 1. The number of rotatable bonds is 7. The monoisotopic (exact) mass is 504 g/mol. The molecule has 3 rings (SSSR count). The van der Waals surface area contributed by atoms with E-state index in [9.17, 15) is 4.79 Å². The van der Waals surface area contributed by atoms with E-state index in [-0.39, 0.29) is 29.9 Å². The van der Waals surface area contributed by atoms with Gasteiger partial charge in [-0.3, -0.25) is 14.7 Å². The summed E-state index contributed by atoms with van der Waals surface area (Å²) in [5, 5.41) is 11.1. The molecule has 158 valence electrons. The normalized spacial score (nSPS) is 18.2. The van der Waals surface area contributed by atoms with Gasteiger partial charge in [0.05, 0.1) is 6.54 Å². The first-order valence-electron chi connectivity index (χ1n) is 10.0. The molecular weight excluding hydrogens is 471 g/mol. The summed E-state index contributed by atoms with van der Waals surface area (Å²) in [7, 11) is 1.84. The van der Waals surface area contributed by atoms with Crippen molar-refractivity contribution in [1.82, 2.24) is 34.8 Å². The second-order valence-corrected chi connectivity index (χ2v) is 7.23. The van der Waals surface area contributed by atoms with Crippen LogP contribution in [0, 0.1) is 0 Å². The number of piperazine rings is 1. The fraction of sp³-hybridized carbons (Fsp3) is 0.778. The molecule has 0 bridgehead atoms. The van der Waals surface area contributed by atoms with Crippen LogP contribution in [0.5, 0.6) is 0 Å². The van der Waals surface area contributed by atoms with E-state index in [4.69, 9.17) is 0 Å². The minimum atomic E-state index is 0. The van der Waals surface area contributed by atoms with Crippen LogP contribution in [-0.2, 0) is 11.3 Å². The highest BCUT2D eigenvalue weighted by atomic mass is 127. The lowest BCUT2D eigenvalue weighted by molar-refractivity contribution is -0.131. The van der Waals surface area contributed by atoms with Crippen molar-refractivity contribution in [3.63, 3.8) is 0 Å². The quantitative estimate of drug-likeness (QED) is 0.252. The number of carbonyl (C=O) groups excluding carboxylic acids is 1. The fourth-order valence-corrected chi connectivity index (χ4v) is 3.67. The second kappa shape index (κ2) is 12.2. The van der Waals surface area contributed by atoms with Gasteiger partial charge in [0, 0.05) is 59.4 Å². The number of hydrogen-bond donors (Lipinski definition) is 1. The molecule has 0 atom stereocenters. The Morgan fingerprint density at radius 1 is 1.00 bits per heavy atom. The molecule has 1 aromatic rings. The van der Waals surface area contributed by atoms with Crippen LogP contribution >= 0.6 is 24.0 Å². The van der Waals surface area contributed by atoms with Crippen molar-refractivity contribution in [1.29, 1.82) is 0 Å². The minimum Gasteiger partial charge on any atom is -0.356 e. The molecule has 1 amide bonds. The van der Waals surface area contributed by atoms with Crippen LogP contribution in [-0.4, -0.2) is 101 Å². The van der Waals surface area contributed by atoms with Crippen LogP contribution in [0.25, 0.3) is 0 Å². The molecule has 2 aliphatic heterocycles. The number of nitrogens with one attached hydrogen (secondary N) is 1. The first-order chi connectivity index (χ1) is 13.3. The molecule has 28 heavy (non-hydrogen) atoms. The number of guanidine groups is 1. The Morgan fingerprint density at radius 2 is 1.68 bits per heavy atom. The lowest BCUT2D eigenvalue weighted by atomic mass is 10.3. The third kappa shape index (κ3) is 6.87. The molecule has 0 unspecified atom stereocenters. The van der Waals surface area contributed by atoms with Crippen LogP contribution in [0.4, 0.5) is 0 Å². The predicted octanol–water partition coefficient (Wildman–Crippen LogP) is 0.492. The second-order valence-electron chi connectivity index (χ2n) is 7.23. The number of halogens is 1. The maximum atomic E-state index is 12.3. The van der Waals surface area contributed by atoms with Crippen molar-refractivity contribution in [3.05, 3.63) is 12.7 Å². The Morgan fingerprint density at radius 3 is 2.32 bits per heavy atom. The van der Waals surface area contributed by atoms with E-state index >= 15 is 0 Å². The first-order valence-corrected chi connectivity index (χ1v) is 10.0. The number of unbranched alkanes of at least 4 members (excludes halogenated alkanes) is 1. The average Bonchev–Trinajstić information content (AvgIpc) is 3.39. The number of hydrogen-bond acceptors (Lipinski definition) is 5. The molecule has 3 heterocycles. The summed E-state index contributed by atoms with van der Waals surface area (Å²) in [6.45, 7) is 7.92. The zero-order valence-electron chi connectivity index (χ0n) is 16.8. The van der Waals surface area contributed by atoms with E-state index in [1.54, 1.807) is 12.7 Å². The van der Waals surface area contributed by atoms with Gasteiger partial charge >= 0.3 is 0 Å². The van der Waals surface area contributed by atoms with E-state index in [0.717, 1.165) is 84.0 Å². The van der Waals surface area contributed by atoms with Crippen molar-refractivity contribution in [2.24, 2.45) is 4.99 Å². The smallest absolute Gasteiger partial charge is 0.236 e. The Balaban J connectivity index is 0.00000280. The highest BCUT2D eigenvalue weighted by molar-refractivity contribution is 14.0. The zero-order chi connectivity index (χ0) is 18.9. The first kappa shape index (κ1) is 22.9. The standard InChI is InChI=1S/C18H32N8O.HI/c1-19-18(20-6-2-3-7-24-15-21-22-16-24)26-12-10-23(11-13-26)14-17(27)25-8-4-5-9-25;/h15-16H,2-14H2,1H3,(H,19,20);1H. The highest BCUT2D eigenvalue weighted by Gasteiger charge is 2.24. The molecule has 0 aliphatic carbocycles. The molecule has 0 aromatic carbocycles. The van der Waals surface area contributed by atoms with E-state index in [1.807, 2.05) is 16.5 Å². The number of nitrogens with zero attached hydrogens (tertiary/aromatic N) is 7. The van der Waals surface area contributed by atoms with E-state index in [2.05, 4.69) is 30.3 Å². The van der Waals surface area contributed by atoms with Crippen molar-refractivity contribution in [2.45, 2.75) is 32.2 Å². The number of aliphatic imine (C=N–C) groups is 1. The summed E-state index contributed by atoms with van der Waals surface area (Å²) in [6.07, 6.45) is 7.96. The van der Waals surface area contributed by atoms with Crippen molar-refractivity contribution in [2.75, 3.05) is 59.4 Å². The molecule has 0 radical (unpaired) electrons. The van der Waals surface area contributed by atoms with Crippen LogP contribution in [0.2, 0.25) is 0 Å². The zero-order valence-corrected chi connectivity index (χ0v) is 19.1. The van der Waals surface area contributed by atoms with E-state index in [1.165, 1.54) is 0 Å². The van der Waals surface area contributed by atoms with Gasteiger partial charge in [-0.2, -0.15) is 0 Å². The number of carbonyl (C=O) groups is 1. The summed E-state index contributed by atoms with van der Waals surface area (Å²) >= 11 is 0. The van der Waals surface area contributed by atoms with E-state index in [0.29, 0.717) is 6.54 Å². The summed E-state index contributed by atoms with van der Waals surface area (Å²) in [4.78, 5) is 23.3. The van der Waals surface area contributed by atoms with Gasteiger partial charge in [0.1, 0.15) is 12.7 Å². The van der Waals surface area contributed by atoms with Crippen molar-refractivity contribution < 1.29 is 4.79 Å². The molecule has 2 aliphatic rings. The SMILES string of the molecule is CN=C(NCCCCn1cnnc1)N1CCN(CC(=O)N2CCCC2)CC1.I. The molecule has 0 saturated carbocycles. The lowest BCUT2D eigenvalue weighted by Crippen LogP contribution is -2.54. The largest absolute Gasteiger partial charge is 0.356 e. The summed E-state index contributed by atoms with van der Waals surface area (Å²) in [5.74, 6) is 1.25. The summed E-state index contributed by atoms with van der Waals surface area (Å²) in [5.41, 5.74) is 0. The number of aromatic nitrogens is 3. The highest BCUT2D eigenvalue weighted by Crippen LogP contribution is 2.09. The minimum absolute atomic E-state index is 0.